The molecule has 6 heteroatoms. The molecule has 2 rings (SSSR count). The molecular weight excluding hydrogens is 391 g/mol. The van der Waals surface area contributed by atoms with Gasteiger partial charge in [-0.3, -0.25) is 0 Å². The van der Waals surface area contributed by atoms with E-state index in [9.17, 15) is 0 Å². The SMILES string of the molecule is CCc1ccc(NC(N)=NCc2cccnc2OC)cc1.I. The second-order valence-corrected chi connectivity index (χ2v) is 4.55. The largest absolute Gasteiger partial charge is 0.481 e. The summed E-state index contributed by atoms with van der Waals surface area (Å²) in [6, 6.07) is 11.9. The number of pyridine rings is 1. The smallest absolute Gasteiger partial charge is 0.218 e. The molecule has 0 saturated heterocycles. The summed E-state index contributed by atoms with van der Waals surface area (Å²) in [5.41, 5.74) is 9.00. The molecule has 2 aromatic rings. The Morgan fingerprint density at radius 2 is 2.00 bits per heavy atom. The molecule has 0 amide bonds. The first-order valence-corrected chi connectivity index (χ1v) is 6.86. The highest BCUT2D eigenvalue weighted by Crippen LogP contribution is 2.14. The average molecular weight is 412 g/mol. The Morgan fingerprint density at radius 1 is 1.27 bits per heavy atom. The van der Waals surface area contributed by atoms with Crippen LogP contribution in [0.15, 0.2) is 47.6 Å². The fourth-order valence-electron chi connectivity index (χ4n) is 1.91. The van der Waals surface area contributed by atoms with Crippen molar-refractivity contribution in [1.82, 2.24) is 4.98 Å². The maximum atomic E-state index is 5.89. The summed E-state index contributed by atoms with van der Waals surface area (Å²) >= 11 is 0. The lowest BCUT2D eigenvalue weighted by atomic mass is 10.1. The molecule has 5 nitrogen and oxygen atoms in total. The number of nitrogens with zero attached hydrogens (tertiary/aromatic N) is 2. The van der Waals surface area contributed by atoms with Gasteiger partial charge in [-0.1, -0.05) is 25.1 Å². The topological polar surface area (TPSA) is 72.5 Å². The van der Waals surface area contributed by atoms with Crippen LogP contribution < -0.4 is 15.8 Å². The number of rotatable bonds is 5. The fraction of sp³-hybridized carbons (Fsp3) is 0.250. The molecule has 0 radical (unpaired) electrons. The average Bonchev–Trinajstić information content (AvgIpc) is 2.54. The predicted molar refractivity (Wildman–Crippen MR) is 101 cm³/mol. The Kier molecular flexibility index (Phi) is 7.65. The van der Waals surface area contributed by atoms with Gasteiger partial charge >= 0.3 is 0 Å². The van der Waals surface area contributed by atoms with Crippen molar-refractivity contribution >= 4 is 35.6 Å². The van der Waals surface area contributed by atoms with Crippen molar-refractivity contribution in [3.8, 4) is 5.88 Å². The number of guanidine groups is 1. The molecular formula is C16H21IN4O. The van der Waals surface area contributed by atoms with Crippen LogP contribution in [0.1, 0.15) is 18.1 Å². The minimum atomic E-state index is 0. The Balaban J connectivity index is 0.00000242. The Hall–Kier alpha value is -1.83. The highest BCUT2D eigenvalue weighted by Gasteiger charge is 2.02. The van der Waals surface area contributed by atoms with Crippen LogP contribution in [0.3, 0.4) is 0 Å². The lowest BCUT2D eigenvalue weighted by molar-refractivity contribution is 0.392. The minimum Gasteiger partial charge on any atom is -0.481 e. The van der Waals surface area contributed by atoms with Crippen molar-refractivity contribution < 1.29 is 4.74 Å². The highest BCUT2D eigenvalue weighted by atomic mass is 127. The number of hydrogen-bond donors (Lipinski definition) is 2. The third kappa shape index (κ3) is 5.18. The van der Waals surface area contributed by atoms with Gasteiger partial charge in [0.15, 0.2) is 5.96 Å². The summed E-state index contributed by atoms with van der Waals surface area (Å²) in [4.78, 5) is 8.43. The number of ether oxygens (including phenoxy) is 1. The molecule has 0 aliphatic rings. The molecule has 0 unspecified atom stereocenters. The van der Waals surface area contributed by atoms with E-state index in [-0.39, 0.29) is 24.0 Å². The first-order chi connectivity index (χ1) is 10.2. The Morgan fingerprint density at radius 3 is 2.64 bits per heavy atom. The first-order valence-electron chi connectivity index (χ1n) is 6.86. The summed E-state index contributed by atoms with van der Waals surface area (Å²) in [6.45, 7) is 2.54. The van der Waals surface area contributed by atoms with Gasteiger partial charge in [0.1, 0.15) is 0 Å². The van der Waals surface area contributed by atoms with E-state index < -0.39 is 0 Å². The Bertz CT molecular complexity index is 614. The summed E-state index contributed by atoms with van der Waals surface area (Å²) < 4.78 is 5.18. The van der Waals surface area contributed by atoms with Crippen molar-refractivity contribution in [2.24, 2.45) is 10.7 Å². The number of methoxy groups -OCH3 is 1. The van der Waals surface area contributed by atoms with Crippen LogP contribution in [0.25, 0.3) is 0 Å². The molecule has 1 heterocycles. The summed E-state index contributed by atoms with van der Waals surface area (Å²) in [5, 5.41) is 3.07. The van der Waals surface area contributed by atoms with Gasteiger partial charge in [0.25, 0.3) is 0 Å². The van der Waals surface area contributed by atoms with E-state index in [4.69, 9.17) is 10.5 Å². The third-order valence-corrected chi connectivity index (χ3v) is 3.10. The van der Waals surface area contributed by atoms with E-state index >= 15 is 0 Å². The summed E-state index contributed by atoms with van der Waals surface area (Å²) in [6.07, 6.45) is 2.70. The summed E-state index contributed by atoms with van der Waals surface area (Å²) in [7, 11) is 1.59. The number of nitrogens with one attached hydrogen (secondary N) is 1. The van der Waals surface area contributed by atoms with Crippen molar-refractivity contribution in [2.75, 3.05) is 12.4 Å². The number of aliphatic imine (C=N–C) groups is 1. The van der Waals surface area contributed by atoms with Gasteiger partial charge in [-0.05, 0) is 30.2 Å². The molecule has 22 heavy (non-hydrogen) atoms. The number of aryl methyl sites for hydroxylation is 1. The Labute approximate surface area is 148 Å². The van der Waals surface area contributed by atoms with E-state index in [0.717, 1.165) is 17.7 Å². The van der Waals surface area contributed by atoms with E-state index in [1.54, 1.807) is 13.3 Å². The second kappa shape index (κ2) is 9.24. The lowest BCUT2D eigenvalue weighted by Crippen LogP contribution is -2.22. The third-order valence-electron chi connectivity index (χ3n) is 3.10. The molecule has 0 aliphatic heterocycles. The van der Waals surface area contributed by atoms with Crippen molar-refractivity contribution in [3.05, 3.63) is 53.7 Å². The van der Waals surface area contributed by atoms with Gasteiger partial charge in [-0.25, -0.2) is 9.98 Å². The normalized spacial score (nSPS) is 10.7. The predicted octanol–water partition coefficient (Wildman–Crippen LogP) is 3.20. The van der Waals surface area contributed by atoms with Crippen LogP contribution in [0.5, 0.6) is 5.88 Å². The summed E-state index contributed by atoms with van der Waals surface area (Å²) in [5.74, 6) is 0.937. The monoisotopic (exact) mass is 412 g/mol. The van der Waals surface area contributed by atoms with Gasteiger partial charge < -0.3 is 15.8 Å². The van der Waals surface area contributed by atoms with Gasteiger partial charge in [-0.2, -0.15) is 0 Å². The quantitative estimate of drug-likeness (QED) is 0.450. The first kappa shape index (κ1) is 18.2. The van der Waals surface area contributed by atoms with E-state index in [0.29, 0.717) is 18.4 Å². The van der Waals surface area contributed by atoms with Gasteiger partial charge in [0, 0.05) is 17.4 Å². The molecule has 0 atom stereocenters. The molecule has 3 N–H and O–H groups in total. The van der Waals surface area contributed by atoms with Crippen molar-refractivity contribution in [3.63, 3.8) is 0 Å². The van der Waals surface area contributed by atoms with Crippen LogP contribution in [0, 0.1) is 0 Å². The van der Waals surface area contributed by atoms with E-state index in [1.165, 1.54) is 5.56 Å². The second-order valence-electron chi connectivity index (χ2n) is 4.55. The van der Waals surface area contributed by atoms with Crippen LogP contribution in [-0.2, 0) is 13.0 Å². The van der Waals surface area contributed by atoms with Gasteiger partial charge in [-0.15, -0.1) is 24.0 Å². The van der Waals surface area contributed by atoms with Crippen LogP contribution in [0.4, 0.5) is 5.69 Å². The molecule has 0 spiro atoms. The molecule has 0 fully saturated rings. The number of aromatic nitrogens is 1. The van der Waals surface area contributed by atoms with Crippen LogP contribution in [0.2, 0.25) is 0 Å². The number of halogens is 1. The number of hydrogen-bond acceptors (Lipinski definition) is 3. The standard InChI is InChI=1S/C16H20N4O.HI/c1-3-12-6-8-14(9-7-12)20-16(17)19-11-13-5-4-10-18-15(13)21-2;/h4-10H,3,11H2,1-2H3,(H3,17,19,20);1H. The lowest BCUT2D eigenvalue weighted by Gasteiger charge is -2.07. The van der Waals surface area contributed by atoms with Crippen LogP contribution in [-0.4, -0.2) is 18.1 Å². The highest BCUT2D eigenvalue weighted by molar-refractivity contribution is 14.0. The zero-order valence-corrected chi connectivity index (χ0v) is 15.1. The molecule has 118 valence electrons. The maximum Gasteiger partial charge on any atom is 0.218 e. The number of benzene rings is 1. The zero-order valence-electron chi connectivity index (χ0n) is 12.7. The maximum absolute atomic E-state index is 5.89. The number of anilines is 1. The molecule has 1 aromatic carbocycles. The molecule has 0 aliphatic carbocycles. The molecule has 0 saturated carbocycles. The van der Waals surface area contributed by atoms with Gasteiger partial charge in [0.2, 0.25) is 5.88 Å². The fourth-order valence-corrected chi connectivity index (χ4v) is 1.91. The van der Waals surface area contributed by atoms with Crippen molar-refractivity contribution in [2.45, 2.75) is 19.9 Å². The minimum absolute atomic E-state index is 0. The molecule has 0 bridgehead atoms. The zero-order chi connectivity index (χ0) is 15.1. The van der Waals surface area contributed by atoms with E-state index in [1.807, 2.05) is 24.3 Å². The van der Waals surface area contributed by atoms with Crippen LogP contribution >= 0.6 is 24.0 Å². The van der Waals surface area contributed by atoms with Gasteiger partial charge in [0.05, 0.1) is 13.7 Å². The van der Waals surface area contributed by atoms with Crippen molar-refractivity contribution in [1.29, 1.82) is 0 Å². The van der Waals surface area contributed by atoms with E-state index in [2.05, 4.69) is 34.3 Å². The molecule has 1 aromatic heterocycles. The number of nitrogens with two attached hydrogens (primary N) is 1.